The number of rotatable bonds is 20. The van der Waals surface area contributed by atoms with Crippen molar-refractivity contribution >= 4 is 5.97 Å². The minimum absolute atomic E-state index is 0.105. The molecule has 0 amide bonds. The van der Waals surface area contributed by atoms with Crippen molar-refractivity contribution in [3.63, 3.8) is 0 Å². The van der Waals surface area contributed by atoms with Gasteiger partial charge in [0.1, 0.15) is 0 Å². The maximum atomic E-state index is 11.3. The van der Waals surface area contributed by atoms with Crippen molar-refractivity contribution in [1.82, 2.24) is 0 Å². The molecule has 0 aliphatic carbocycles. The van der Waals surface area contributed by atoms with Gasteiger partial charge in [-0.2, -0.15) is 0 Å². The lowest BCUT2D eigenvalue weighted by Gasteiger charge is -2.13. The molecule has 156 valence electrons. The Bertz CT molecular complexity index is 299. The lowest BCUT2D eigenvalue weighted by molar-refractivity contribution is -0.142. The quantitative estimate of drug-likeness (QED) is 0.219. The van der Waals surface area contributed by atoms with E-state index in [9.17, 15) is 9.90 Å². The van der Waals surface area contributed by atoms with Gasteiger partial charge in [-0.05, 0) is 18.8 Å². The van der Waals surface area contributed by atoms with Crippen molar-refractivity contribution in [3.05, 3.63) is 0 Å². The molecule has 0 aromatic carbocycles. The molecule has 1 N–H and O–H groups in total. The molecule has 0 radical (unpaired) electrons. The van der Waals surface area contributed by atoms with Gasteiger partial charge in [-0.3, -0.25) is 4.79 Å². The number of carbonyl (C=O) groups is 1. The second-order valence-electron chi connectivity index (χ2n) is 8.74. The number of aliphatic carboxylic acids is 1. The summed E-state index contributed by atoms with van der Waals surface area (Å²) >= 11 is 0. The first-order valence-corrected chi connectivity index (χ1v) is 11.8. The monoisotopic (exact) mass is 368 g/mol. The van der Waals surface area contributed by atoms with Crippen LogP contribution in [0, 0.1) is 11.8 Å². The molecular weight excluding hydrogens is 320 g/mol. The summed E-state index contributed by atoms with van der Waals surface area (Å²) < 4.78 is 0. The van der Waals surface area contributed by atoms with E-state index < -0.39 is 5.97 Å². The van der Waals surface area contributed by atoms with E-state index in [1.807, 2.05) is 0 Å². The highest BCUT2D eigenvalue weighted by atomic mass is 16.4. The third kappa shape index (κ3) is 18.3. The fraction of sp³-hybridized carbons (Fsp3) is 0.958. The summed E-state index contributed by atoms with van der Waals surface area (Å²) in [4.78, 5) is 11.3. The van der Waals surface area contributed by atoms with Crippen LogP contribution in [0.1, 0.15) is 136 Å². The Morgan fingerprint density at radius 3 is 1.38 bits per heavy atom. The molecule has 0 bridgehead atoms. The highest BCUT2D eigenvalue weighted by Crippen LogP contribution is 2.20. The number of hydrogen-bond donors (Lipinski definition) is 1. The minimum Gasteiger partial charge on any atom is -0.481 e. The van der Waals surface area contributed by atoms with E-state index in [-0.39, 0.29) is 5.92 Å². The van der Waals surface area contributed by atoms with Gasteiger partial charge in [0.25, 0.3) is 0 Å². The largest absolute Gasteiger partial charge is 0.481 e. The Labute approximate surface area is 164 Å². The number of hydrogen-bond acceptors (Lipinski definition) is 1. The highest BCUT2D eigenvalue weighted by molar-refractivity contribution is 5.69. The van der Waals surface area contributed by atoms with E-state index in [4.69, 9.17) is 0 Å². The molecule has 0 spiro atoms. The molecule has 0 rings (SSSR count). The van der Waals surface area contributed by atoms with Crippen molar-refractivity contribution in [2.24, 2.45) is 11.8 Å². The Morgan fingerprint density at radius 2 is 1.00 bits per heavy atom. The predicted molar refractivity (Wildman–Crippen MR) is 115 cm³/mol. The lowest BCUT2D eigenvalue weighted by atomic mass is 9.93. The van der Waals surface area contributed by atoms with Gasteiger partial charge in [-0.25, -0.2) is 0 Å². The van der Waals surface area contributed by atoms with Gasteiger partial charge >= 0.3 is 5.97 Å². The molecule has 26 heavy (non-hydrogen) atoms. The van der Waals surface area contributed by atoms with Gasteiger partial charge in [-0.15, -0.1) is 0 Å². The molecule has 0 aliphatic heterocycles. The van der Waals surface area contributed by atoms with Gasteiger partial charge in [-0.1, -0.05) is 124 Å². The predicted octanol–water partition coefficient (Wildman–Crippen LogP) is 8.38. The first-order chi connectivity index (χ1) is 12.6. The van der Waals surface area contributed by atoms with Crippen molar-refractivity contribution in [3.8, 4) is 0 Å². The van der Waals surface area contributed by atoms with E-state index in [2.05, 4.69) is 20.8 Å². The summed E-state index contributed by atoms with van der Waals surface area (Å²) in [5.41, 5.74) is 0. The molecule has 0 fully saturated rings. The zero-order chi connectivity index (χ0) is 19.5. The molecular formula is C24H48O2. The summed E-state index contributed by atoms with van der Waals surface area (Å²) in [6, 6.07) is 0. The molecule has 2 heteroatoms. The van der Waals surface area contributed by atoms with Gasteiger partial charge in [0.2, 0.25) is 0 Å². The summed E-state index contributed by atoms with van der Waals surface area (Å²) in [5, 5.41) is 9.34. The van der Waals surface area contributed by atoms with Crippen LogP contribution < -0.4 is 0 Å². The van der Waals surface area contributed by atoms with Crippen LogP contribution in [0.15, 0.2) is 0 Å². The smallest absolute Gasteiger partial charge is 0.306 e. The molecule has 0 aromatic rings. The van der Waals surface area contributed by atoms with Gasteiger partial charge in [0, 0.05) is 0 Å². The summed E-state index contributed by atoms with van der Waals surface area (Å²) in [7, 11) is 0. The van der Waals surface area contributed by atoms with Crippen LogP contribution in [0.25, 0.3) is 0 Å². The van der Waals surface area contributed by atoms with Crippen LogP contribution in [0.3, 0.4) is 0 Å². The molecule has 0 aromatic heterocycles. The number of unbranched alkanes of at least 4 members (excludes halogenated alkanes) is 13. The van der Waals surface area contributed by atoms with E-state index in [0.717, 1.165) is 32.1 Å². The van der Waals surface area contributed by atoms with Crippen LogP contribution >= 0.6 is 0 Å². The van der Waals surface area contributed by atoms with E-state index in [0.29, 0.717) is 5.92 Å². The molecule has 1 atom stereocenters. The van der Waals surface area contributed by atoms with Gasteiger partial charge in [0.15, 0.2) is 0 Å². The summed E-state index contributed by atoms with van der Waals surface area (Å²) in [5.74, 6) is 0.0000272. The van der Waals surface area contributed by atoms with Crippen LogP contribution in [0.2, 0.25) is 0 Å². The van der Waals surface area contributed by atoms with Crippen LogP contribution in [0.4, 0.5) is 0 Å². The zero-order valence-corrected chi connectivity index (χ0v) is 18.2. The van der Waals surface area contributed by atoms with Gasteiger partial charge < -0.3 is 5.11 Å². The van der Waals surface area contributed by atoms with E-state index in [1.165, 1.54) is 83.5 Å². The first-order valence-electron chi connectivity index (χ1n) is 11.8. The maximum absolute atomic E-state index is 11.3. The molecule has 1 unspecified atom stereocenters. The number of carboxylic acids is 1. The van der Waals surface area contributed by atoms with Crippen molar-refractivity contribution in [2.45, 2.75) is 136 Å². The van der Waals surface area contributed by atoms with Crippen molar-refractivity contribution in [2.75, 3.05) is 0 Å². The van der Waals surface area contributed by atoms with Crippen LogP contribution in [-0.4, -0.2) is 11.1 Å². The Morgan fingerprint density at radius 1 is 0.615 bits per heavy atom. The van der Waals surface area contributed by atoms with Crippen molar-refractivity contribution < 1.29 is 9.90 Å². The average Bonchev–Trinajstić information content (AvgIpc) is 2.60. The van der Waals surface area contributed by atoms with Crippen LogP contribution in [-0.2, 0) is 4.79 Å². The third-order valence-corrected chi connectivity index (χ3v) is 5.59. The van der Waals surface area contributed by atoms with E-state index >= 15 is 0 Å². The second kappa shape index (κ2) is 19.2. The topological polar surface area (TPSA) is 37.3 Å². The van der Waals surface area contributed by atoms with Crippen LogP contribution in [0.5, 0.6) is 0 Å². The maximum Gasteiger partial charge on any atom is 0.306 e. The minimum atomic E-state index is -0.580. The summed E-state index contributed by atoms with van der Waals surface area (Å²) in [6.07, 6.45) is 23.0. The Balaban J connectivity index is 3.36. The second-order valence-corrected chi connectivity index (χ2v) is 8.74. The van der Waals surface area contributed by atoms with E-state index in [1.54, 1.807) is 0 Å². The standard InChI is InChI=1S/C24H48O2/c1-4-5-6-7-8-9-10-11-12-13-14-15-16-17-20-23(24(25)26)21-18-19-22(2)3/h22-23H,4-21H2,1-3H3,(H,25,26). The average molecular weight is 369 g/mol. The molecule has 0 saturated carbocycles. The third-order valence-electron chi connectivity index (χ3n) is 5.59. The Hall–Kier alpha value is -0.530. The zero-order valence-electron chi connectivity index (χ0n) is 18.2. The SMILES string of the molecule is CCCCCCCCCCCCCCCCC(CCCC(C)C)C(=O)O. The Kier molecular flexibility index (Phi) is 18.8. The molecule has 0 saturated heterocycles. The number of carboxylic acid groups (broad SMARTS) is 1. The van der Waals surface area contributed by atoms with Gasteiger partial charge in [0.05, 0.1) is 5.92 Å². The normalized spacial score (nSPS) is 12.6. The lowest BCUT2D eigenvalue weighted by Crippen LogP contribution is -2.13. The summed E-state index contributed by atoms with van der Waals surface area (Å²) in [6.45, 7) is 6.70. The first kappa shape index (κ1) is 25.5. The molecule has 2 nitrogen and oxygen atoms in total. The fourth-order valence-electron chi connectivity index (χ4n) is 3.75. The highest BCUT2D eigenvalue weighted by Gasteiger charge is 2.16. The van der Waals surface area contributed by atoms with Crippen molar-refractivity contribution in [1.29, 1.82) is 0 Å². The molecule has 0 heterocycles. The molecule has 0 aliphatic rings. The fourth-order valence-corrected chi connectivity index (χ4v) is 3.75.